The van der Waals surface area contributed by atoms with Gasteiger partial charge >= 0.3 is 0 Å². The molecule has 1 aliphatic heterocycles. The van der Waals surface area contributed by atoms with Crippen molar-refractivity contribution in [2.24, 2.45) is 0 Å². The highest BCUT2D eigenvalue weighted by atomic mass is 19.1. The van der Waals surface area contributed by atoms with E-state index < -0.39 is 5.82 Å². The molecule has 0 radical (unpaired) electrons. The second-order valence-corrected chi connectivity index (χ2v) is 9.55. The molecular weight excluding hydrogens is 497 g/mol. The number of amides is 2. The Balaban J connectivity index is 1.17. The van der Waals surface area contributed by atoms with Gasteiger partial charge in [-0.1, -0.05) is 0 Å². The summed E-state index contributed by atoms with van der Waals surface area (Å²) in [5.41, 5.74) is 4.02. The van der Waals surface area contributed by atoms with Crippen LogP contribution in [0.1, 0.15) is 33.6 Å². The molecule has 4 aromatic rings. The molecule has 0 unspecified atom stereocenters. The summed E-state index contributed by atoms with van der Waals surface area (Å²) < 4.78 is 14.8. The highest BCUT2D eigenvalue weighted by Crippen LogP contribution is 2.26. The standard InChI is InChI=1S/C30H30FN5O3/c1-35(30(39)21-12-15-32-19-21)25-10-11-28(27(31)18-25)33-22-4-6-23(7-5-22)34-29(38)20-2-8-24(9-3-20)36-16-13-26(37)14-17-36/h2-12,15,18-19,26,32-33,37H,13-14,16-17H2,1H3,(H,34,38). The van der Waals surface area contributed by atoms with Crippen LogP contribution in [-0.4, -0.2) is 48.1 Å². The average molecular weight is 528 g/mol. The summed E-state index contributed by atoms with van der Waals surface area (Å²) in [7, 11) is 1.60. The van der Waals surface area contributed by atoms with E-state index in [4.69, 9.17) is 0 Å². The predicted molar refractivity (Wildman–Crippen MR) is 151 cm³/mol. The molecule has 5 rings (SSSR count). The zero-order chi connectivity index (χ0) is 27.4. The highest BCUT2D eigenvalue weighted by molar-refractivity contribution is 6.06. The second-order valence-electron chi connectivity index (χ2n) is 9.55. The fourth-order valence-electron chi connectivity index (χ4n) is 4.53. The van der Waals surface area contributed by atoms with E-state index >= 15 is 0 Å². The van der Waals surface area contributed by atoms with Crippen molar-refractivity contribution in [3.8, 4) is 0 Å². The minimum Gasteiger partial charge on any atom is -0.393 e. The van der Waals surface area contributed by atoms with Crippen molar-refractivity contribution >= 4 is 40.3 Å². The lowest BCUT2D eigenvalue weighted by molar-refractivity contribution is 0.0991. The van der Waals surface area contributed by atoms with E-state index in [1.54, 1.807) is 74.0 Å². The smallest absolute Gasteiger partial charge is 0.259 e. The first-order chi connectivity index (χ1) is 18.9. The van der Waals surface area contributed by atoms with Crippen molar-refractivity contribution in [2.45, 2.75) is 18.9 Å². The number of carbonyl (C=O) groups is 2. The monoisotopic (exact) mass is 527 g/mol. The molecule has 1 aliphatic rings. The van der Waals surface area contributed by atoms with Crippen LogP contribution in [0.4, 0.5) is 32.8 Å². The zero-order valence-corrected chi connectivity index (χ0v) is 21.5. The third-order valence-corrected chi connectivity index (χ3v) is 6.87. The number of rotatable bonds is 7. The Hall–Kier alpha value is -4.63. The van der Waals surface area contributed by atoms with Gasteiger partial charge in [0.25, 0.3) is 11.8 Å². The number of aliphatic hydroxyl groups is 1. The number of anilines is 5. The number of nitrogens with one attached hydrogen (secondary N) is 3. The number of piperidine rings is 1. The van der Waals surface area contributed by atoms with E-state index in [1.165, 1.54) is 11.0 Å². The van der Waals surface area contributed by atoms with Gasteiger partial charge in [0.1, 0.15) is 5.82 Å². The summed E-state index contributed by atoms with van der Waals surface area (Å²) in [4.78, 5) is 31.7. The van der Waals surface area contributed by atoms with E-state index in [-0.39, 0.29) is 23.6 Å². The molecule has 2 heterocycles. The number of aliphatic hydroxyl groups excluding tert-OH is 1. The minimum absolute atomic E-state index is 0.226. The number of nitrogens with zero attached hydrogens (tertiary/aromatic N) is 2. The van der Waals surface area contributed by atoms with Crippen molar-refractivity contribution in [2.75, 3.05) is 40.6 Å². The van der Waals surface area contributed by atoms with E-state index in [0.29, 0.717) is 28.2 Å². The summed E-state index contributed by atoms with van der Waals surface area (Å²) >= 11 is 0. The number of aromatic nitrogens is 1. The van der Waals surface area contributed by atoms with E-state index in [1.807, 2.05) is 12.1 Å². The second kappa shape index (κ2) is 11.4. The van der Waals surface area contributed by atoms with Crippen LogP contribution in [0.2, 0.25) is 0 Å². The van der Waals surface area contributed by atoms with Crippen molar-refractivity contribution in [3.63, 3.8) is 0 Å². The fraction of sp³-hybridized carbons (Fsp3) is 0.200. The Labute approximate surface area is 226 Å². The molecule has 8 nitrogen and oxygen atoms in total. The number of carbonyl (C=O) groups excluding carboxylic acids is 2. The molecule has 2 amide bonds. The predicted octanol–water partition coefficient (Wildman–Crippen LogP) is 5.39. The van der Waals surface area contributed by atoms with Gasteiger partial charge in [0.2, 0.25) is 0 Å². The van der Waals surface area contributed by atoms with E-state index in [0.717, 1.165) is 31.6 Å². The van der Waals surface area contributed by atoms with Gasteiger partial charge in [-0.3, -0.25) is 9.59 Å². The van der Waals surface area contributed by atoms with Crippen molar-refractivity contribution in [1.29, 1.82) is 0 Å². The number of hydrogen-bond acceptors (Lipinski definition) is 5. The zero-order valence-electron chi connectivity index (χ0n) is 21.5. The van der Waals surface area contributed by atoms with Crippen LogP contribution in [0, 0.1) is 5.82 Å². The van der Waals surface area contributed by atoms with Gasteiger partial charge in [-0.15, -0.1) is 0 Å². The lowest BCUT2D eigenvalue weighted by Crippen LogP contribution is -2.35. The van der Waals surface area contributed by atoms with Crippen molar-refractivity contribution in [3.05, 3.63) is 102 Å². The summed E-state index contributed by atoms with van der Waals surface area (Å²) in [5, 5.41) is 15.6. The van der Waals surface area contributed by atoms with Gasteiger partial charge in [-0.05, 0) is 85.6 Å². The molecule has 9 heteroatoms. The maximum absolute atomic E-state index is 14.8. The van der Waals surface area contributed by atoms with Crippen LogP contribution in [-0.2, 0) is 0 Å². The Morgan fingerprint density at radius 3 is 2.28 bits per heavy atom. The molecule has 0 atom stereocenters. The molecule has 39 heavy (non-hydrogen) atoms. The maximum atomic E-state index is 14.8. The molecule has 200 valence electrons. The number of aromatic amines is 1. The van der Waals surface area contributed by atoms with Crippen LogP contribution in [0.25, 0.3) is 0 Å². The average Bonchev–Trinajstić information content (AvgIpc) is 3.50. The Morgan fingerprint density at radius 2 is 1.64 bits per heavy atom. The van der Waals surface area contributed by atoms with Gasteiger partial charge in [-0.25, -0.2) is 4.39 Å². The molecule has 4 N–H and O–H groups in total. The molecule has 0 bridgehead atoms. The molecule has 1 aromatic heterocycles. The van der Waals surface area contributed by atoms with E-state index in [9.17, 15) is 19.1 Å². The number of benzene rings is 3. The molecule has 0 saturated carbocycles. The quantitative estimate of drug-likeness (QED) is 0.258. The highest BCUT2D eigenvalue weighted by Gasteiger charge is 2.18. The molecule has 0 aliphatic carbocycles. The molecule has 1 fully saturated rings. The first-order valence-corrected chi connectivity index (χ1v) is 12.8. The number of halogens is 1. The SMILES string of the molecule is CN(C(=O)c1cc[nH]c1)c1ccc(Nc2ccc(NC(=O)c3ccc(N4CCC(O)CC4)cc3)cc2)c(F)c1. The van der Waals surface area contributed by atoms with Gasteiger partial charge in [0.05, 0.1) is 17.4 Å². The third-order valence-electron chi connectivity index (χ3n) is 6.87. The summed E-state index contributed by atoms with van der Waals surface area (Å²) in [6.45, 7) is 1.60. The largest absolute Gasteiger partial charge is 0.393 e. The number of hydrogen-bond donors (Lipinski definition) is 4. The Morgan fingerprint density at radius 1 is 0.949 bits per heavy atom. The van der Waals surface area contributed by atoms with Gasteiger partial charge in [0.15, 0.2) is 0 Å². The normalized spacial score (nSPS) is 13.7. The van der Waals surface area contributed by atoms with Crippen LogP contribution in [0.3, 0.4) is 0 Å². The summed E-state index contributed by atoms with van der Waals surface area (Å²) in [6, 6.07) is 20.6. The minimum atomic E-state index is -0.497. The van der Waals surface area contributed by atoms with Crippen LogP contribution < -0.4 is 20.4 Å². The fourth-order valence-corrected chi connectivity index (χ4v) is 4.53. The van der Waals surface area contributed by atoms with Crippen molar-refractivity contribution in [1.82, 2.24) is 4.98 Å². The number of H-pyrrole nitrogens is 1. The third kappa shape index (κ3) is 6.10. The first-order valence-electron chi connectivity index (χ1n) is 12.8. The lowest BCUT2D eigenvalue weighted by Gasteiger charge is -2.31. The maximum Gasteiger partial charge on any atom is 0.259 e. The van der Waals surface area contributed by atoms with Crippen LogP contribution >= 0.6 is 0 Å². The van der Waals surface area contributed by atoms with Gasteiger partial charge in [0, 0.05) is 60.8 Å². The summed E-state index contributed by atoms with van der Waals surface area (Å²) in [5.74, 6) is -0.966. The lowest BCUT2D eigenvalue weighted by atomic mass is 10.1. The Bertz CT molecular complexity index is 1430. The molecular formula is C30H30FN5O3. The van der Waals surface area contributed by atoms with Crippen LogP contribution in [0.15, 0.2) is 85.2 Å². The van der Waals surface area contributed by atoms with Crippen LogP contribution in [0.5, 0.6) is 0 Å². The molecule has 0 spiro atoms. The van der Waals surface area contributed by atoms with Gasteiger partial charge in [-0.2, -0.15) is 0 Å². The molecule has 3 aromatic carbocycles. The van der Waals surface area contributed by atoms with E-state index in [2.05, 4.69) is 20.5 Å². The summed E-state index contributed by atoms with van der Waals surface area (Å²) in [6.07, 6.45) is 4.52. The Kier molecular flexibility index (Phi) is 7.60. The topological polar surface area (TPSA) is 101 Å². The molecule has 1 saturated heterocycles. The first kappa shape index (κ1) is 26.0. The van der Waals surface area contributed by atoms with Gasteiger partial charge < -0.3 is 30.5 Å². The van der Waals surface area contributed by atoms with Crippen molar-refractivity contribution < 1.29 is 19.1 Å².